The van der Waals surface area contributed by atoms with Crippen LogP contribution in [-0.2, 0) is 16.1 Å². The lowest BCUT2D eigenvalue weighted by Crippen LogP contribution is -2.58. The Morgan fingerprint density at radius 1 is 1.33 bits per heavy atom. The predicted octanol–water partition coefficient (Wildman–Crippen LogP) is 1.58. The molecule has 2 heterocycles. The summed E-state index contributed by atoms with van der Waals surface area (Å²) >= 11 is 0. The van der Waals surface area contributed by atoms with Crippen LogP contribution in [0.5, 0.6) is 0 Å². The third kappa shape index (κ3) is 4.33. The molecular formula is C21H30N4O2. The highest BCUT2D eigenvalue weighted by Crippen LogP contribution is 2.34. The molecule has 2 aliphatic heterocycles. The minimum atomic E-state index is -0.615. The van der Waals surface area contributed by atoms with Crippen molar-refractivity contribution in [1.82, 2.24) is 15.5 Å². The number of nitrogens with two attached hydrogens (primary N) is 1. The normalized spacial score (nSPS) is 25.7. The average molecular weight is 370 g/mol. The molecule has 0 bridgehead atoms. The summed E-state index contributed by atoms with van der Waals surface area (Å²) in [6, 6.07) is 7.45. The number of nitrogens with one attached hydrogen (secondary N) is 2. The molecule has 3 rings (SSSR count). The number of carbonyl (C=O) groups excluding carboxylic acids is 2. The lowest BCUT2D eigenvalue weighted by molar-refractivity contribution is -0.141. The Morgan fingerprint density at radius 2 is 2.07 bits per heavy atom. The fraction of sp³-hybridized carbons (Fsp3) is 0.524. The van der Waals surface area contributed by atoms with E-state index in [9.17, 15) is 9.59 Å². The Labute approximate surface area is 161 Å². The molecular weight excluding hydrogens is 340 g/mol. The Kier molecular flexibility index (Phi) is 5.85. The van der Waals surface area contributed by atoms with Crippen molar-refractivity contribution in [3.8, 4) is 0 Å². The second kappa shape index (κ2) is 8.13. The molecule has 2 aliphatic rings. The molecule has 0 aromatic heterocycles. The first-order chi connectivity index (χ1) is 12.9. The Hall–Kier alpha value is -2.34. The summed E-state index contributed by atoms with van der Waals surface area (Å²) in [7, 11) is 0. The third-order valence-electron chi connectivity index (χ3n) is 5.58. The molecule has 0 spiro atoms. The number of piperidine rings is 1. The number of hydrogen-bond donors (Lipinski definition) is 3. The summed E-state index contributed by atoms with van der Waals surface area (Å²) in [4.78, 5) is 26.8. The highest BCUT2D eigenvalue weighted by atomic mass is 16.2. The monoisotopic (exact) mass is 370 g/mol. The fourth-order valence-corrected chi connectivity index (χ4v) is 4.10. The quantitative estimate of drug-likeness (QED) is 0.710. The zero-order chi connectivity index (χ0) is 19.6. The average Bonchev–Trinajstić information content (AvgIpc) is 3.07. The van der Waals surface area contributed by atoms with Gasteiger partial charge in [0.2, 0.25) is 11.8 Å². The Balaban J connectivity index is 1.63. The lowest BCUT2D eigenvalue weighted by Gasteiger charge is -2.39. The summed E-state index contributed by atoms with van der Waals surface area (Å²) in [5, 5.41) is 6.20. The van der Waals surface area contributed by atoms with Crippen LogP contribution >= 0.6 is 0 Å². The number of carbonyl (C=O) groups is 2. The maximum Gasteiger partial charge on any atom is 0.245 e. The van der Waals surface area contributed by atoms with Crippen molar-refractivity contribution in [1.29, 1.82) is 0 Å². The number of aryl methyl sites for hydroxylation is 1. The number of amides is 2. The number of rotatable bonds is 6. The van der Waals surface area contributed by atoms with Crippen molar-refractivity contribution in [3.63, 3.8) is 0 Å². The molecule has 2 fully saturated rings. The van der Waals surface area contributed by atoms with Crippen LogP contribution < -0.4 is 16.4 Å². The predicted molar refractivity (Wildman–Crippen MR) is 106 cm³/mol. The van der Waals surface area contributed by atoms with Gasteiger partial charge < -0.3 is 21.3 Å². The molecule has 1 aromatic carbocycles. The van der Waals surface area contributed by atoms with Gasteiger partial charge in [-0.2, -0.15) is 0 Å². The van der Waals surface area contributed by atoms with Gasteiger partial charge in [0.25, 0.3) is 0 Å². The number of nitrogens with zero attached hydrogens (tertiary/aromatic N) is 1. The van der Waals surface area contributed by atoms with E-state index in [1.165, 1.54) is 11.1 Å². The summed E-state index contributed by atoms with van der Waals surface area (Å²) < 4.78 is 0. The van der Waals surface area contributed by atoms with Gasteiger partial charge in [0.05, 0.1) is 12.1 Å². The molecule has 2 amide bonds. The number of fused-ring (bicyclic) bond motifs is 1. The van der Waals surface area contributed by atoms with Crippen LogP contribution in [0.15, 0.2) is 36.5 Å². The molecule has 2 saturated heterocycles. The molecule has 6 nitrogen and oxygen atoms in total. The van der Waals surface area contributed by atoms with Crippen molar-refractivity contribution >= 4 is 11.8 Å². The van der Waals surface area contributed by atoms with Crippen molar-refractivity contribution in [2.24, 2.45) is 5.73 Å². The van der Waals surface area contributed by atoms with Gasteiger partial charge in [0, 0.05) is 18.3 Å². The van der Waals surface area contributed by atoms with Crippen molar-refractivity contribution in [3.05, 3.63) is 47.7 Å². The minimum absolute atomic E-state index is 0.0127. The van der Waals surface area contributed by atoms with Crippen LogP contribution in [0.4, 0.5) is 0 Å². The highest BCUT2D eigenvalue weighted by Gasteiger charge is 2.44. The topological polar surface area (TPSA) is 87.5 Å². The van der Waals surface area contributed by atoms with Gasteiger partial charge in [-0.25, -0.2) is 0 Å². The molecule has 0 unspecified atom stereocenters. The van der Waals surface area contributed by atoms with E-state index in [0.717, 1.165) is 25.0 Å². The lowest BCUT2D eigenvalue weighted by atomic mass is 9.97. The Morgan fingerprint density at radius 3 is 2.78 bits per heavy atom. The maximum absolute atomic E-state index is 13.0. The van der Waals surface area contributed by atoms with E-state index in [2.05, 4.69) is 42.3 Å². The van der Waals surface area contributed by atoms with Crippen molar-refractivity contribution < 1.29 is 9.59 Å². The van der Waals surface area contributed by atoms with Crippen LogP contribution in [0, 0.1) is 6.92 Å². The molecule has 0 saturated carbocycles. The van der Waals surface area contributed by atoms with E-state index in [4.69, 9.17) is 5.73 Å². The Bertz CT molecular complexity index is 731. The molecule has 27 heavy (non-hydrogen) atoms. The molecule has 0 aliphatic carbocycles. The molecule has 6 heteroatoms. The van der Waals surface area contributed by atoms with Gasteiger partial charge in [-0.1, -0.05) is 36.4 Å². The zero-order valence-electron chi connectivity index (χ0n) is 16.2. The van der Waals surface area contributed by atoms with E-state index in [1.54, 1.807) is 6.92 Å². The van der Waals surface area contributed by atoms with Crippen LogP contribution in [-0.4, -0.2) is 40.9 Å². The van der Waals surface area contributed by atoms with Crippen molar-refractivity contribution in [2.45, 2.75) is 70.2 Å². The van der Waals surface area contributed by atoms with Gasteiger partial charge in [0.15, 0.2) is 0 Å². The minimum Gasteiger partial charge on any atom is -0.383 e. The molecule has 4 N–H and O–H groups in total. The third-order valence-corrected chi connectivity index (χ3v) is 5.58. The second-order valence-electron chi connectivity index (χ2n) is 7.79. The van der Waals surface area contributed by atoms with Gasteiger partial charge in [0.1, 0.15) is 6.04 Å². The largest absolute Gasteiger partial charge is 0.383 e. The number of benzene rings is 1. The maximum atomic E-state index is 13.0. The first-order valence-electron chi connectivity index (χ1n) is 9.73. The van der Waals surface area contributed by atoms with Crippen LogP contribution in [0.3, 0.4) is 0 Å². The van der Waals surface area contributed by atoms with Crippen LogP contribution in [0.2, 0.25) is 0 Å². The smallest absolute Gasteiger partial charge is 0.245 e. The van der Waals surface area contributed by atoms with Gasteiger partial charge in [-0.15, -0.1) is 0 Å². The first kappa shape index (κ1) is 19.4. The van der Waals surface area contributed by atoms with Crippen LogP contribution in [0.25, 0.3) is 0 Å². The molecule has 0 radical (unpaired) electrons. The van der Waals surface area contributed by atoms with E-state index in [-0.39, 0.29) is 23.9 Å². The number of hydrogen-bond acceptors (Lipinski definition) is 4. The summed E-state index contributed by atoms with van der Waals surface area (Å²) in [6.07, 6.45) is 3.46. The van der Waals surface area contributed by atoms with E-state index >= 15 is 0 Å². The van der Waals surface area contributed by atoms with Gasteiger partial charge >= 0.3 is 0 Å². The highest BCUT2D eigenvalue weighted by molar-refractivity contribution is 5.90. The molecule has 1 aromatic rings. The molecule has 4 atom stereocenters. The standard InChI is InChI=1S/C21H30N4O2/c1-13-5-4-6-16(11-13)12-23-15(3)19-10-8-17-7-9-18(21(27)25(17)19)24-20(26)14(2)22/h4-6,11,14,17-19,23H,3,7-10,12,22H2,1-2H3,(H,24,26)/t14-,17-,18-,19-/m0/s1. The van der Waals surface area contributed by atoms with Crippen LogP contribution in [0.1, 0.15) is 43.7 Å². The first-order valence-corrected chi connectivity index (χ1v) is 9.73. The SMILES string of the molecule is C=C(NCc1cccc(C)c1)[C@@H]1CC[C@@H]2CC[C@H](NC(=O)[C@H](C)N)C(=O)N21. The van der Waals surface area contributed by atoms with E-state index < -0.39 is 12.1 Å². The summed E-state index contributed by atoms with van der Waals surface area (Å²) in [6.45, 7) is 8.59. The van der Waals surface area contributed by atoms with Crippen molar-refractivity contribution in [2.75, 3.05) is 0 Å². The van der Waals surface area contributed by atoms with Gasteiger partial charge in [-0.05, 0) is 45.1 Å². The van der Waals surface area contributed by atoms with Gasteiger partial charge in [-0.3, -0.25) is 9.59 Å². The summed E-state index contributed by atoms with van der Waals surface area (Å²) in [5.41, 5.74) is 8.91. The van der Waals surface area contributed by atoms with E-state index in [1.807, 2.05) is 11.0 Å². The summed E-state index contributed by atoms with van der Waals surface area (Å²) in [5.74, 6) is -0.291. The van der Waals surface area contributed by atoms with E-state index in [0.29, 0.717) is 13.0 Å². The second-order valence-corrected chi connectivity index (χ2v) is 7.79. The molecule has 146 valence electrons. The fourth-order valence-electron chi connectivity index (χ4n) is 4.10. The zero-order valence-corrected chi connectivity index (χ0v) is 16.2.